The van der Waals surface area contributed by atoms with E-state index < -0.39 is 0 Å². The third-order valence-corrected chi connectivity index (χ3v) is 5.53. The number of aromatic nitrogens is 1. The van der Waals surface area contributed by atoms with E-state index in [2.05, 4.69) is 10.3 Å². The van der Waals surface area contributed by atoms with Gasteiger partial charge in [0.05, 0.1) is 0 Å². The number of rotatable bonds is 5. The van der Waals surface area contributed by atoms with Gasteiger partial charge in [0.1, 0.15) is 17.0 Å². The Morgan fingerprint density at radius 1 is 0.912 bits per heavy atom. The van der Waals surface area contributed by atoms with Gasteiger partial charge in [0.2, 0.25) is 11.8 Å². The van der Waals surface area contributed by atoms with Crippen molar-refractivity contribution in [2.45, 2.75) is 6.92 Å². The zero-order valence-electron chi connectivity index (χ0n) is 18.0. The van der Waals surface area contributed by atoms with Crippen molar-refractivity contribution in [2.75, 3.05) is 5.32 Å². The molecule has 5 aromatic rings. The molecular weight excluding hydrogens is 471 g/mol. The summed E-state index contributed by atoms with van der Waals surface area (Å²) in [6, 6.07) is 22.0. The Balaban J connectivity index is 1.29. The Hall–Kier alpha value is -3.80. The standard InChI is InChI=1S/C27H18Cl2N2O3/c1-16-3-2-4-17(11-16)27-31-23-15-21(5-8-25(23)34-27)30-26(32)10-7-22-6-9-24(33-22)18-12-19(28)14-20(29)13-18/h2-15H,1H3,(H,30,32)/b10-7+. The number of carbonyl (C=O) groups excluding carboxylic acids is 1. The first kappa shape index (κ1) is 22.0. The summed E-state index contributed by atoms with van der Waals surface area (Å²) in [6.45, 7) is 2.02. The summed E-state index contributed by atoms with van der Waals surface area (Å²) < 4.78 is 11.6. The summed E-state index contributed by atoms with van der Waals surface area (Å²) in [4.78, 5) is 17.0. The summed E-state index contributed by atoms with van der Waals surface area (Å²) in [5.41, 5.74) is 4.71. The van der Waals surface area contributed by atoms with Crippen molar-refractivity contribution >= 4 is 52.0 Å². The highest BCUT2D eigenvalue weighted by atomic mass is 35.5. The van der Waals surface area contributed by atoms with Gasteiger partial charge in [-0.15, -0.1) is 0 Å². The fraction of sp³-hybridized carbons (Fsp3) is 0.0370. The van der Waals surface area contributed by atoms with Gasteiger partial charge in [-0.2, -0.15) is 0 Å². The molecule has 3 aromatic carbocycles. The maximum absolute atomic E-state index is 12.4. The molecule has 0 saturated heterocycles. The molecule has 0 saturated carbocycles. The monoisotopic (exact) mass is 488 g/mol. The van der Waals surface area contributed by atoms with Gasteiger partial charge in [-0.3, -0.25) is 4.79 Å². The van der Waals surface area contributed by atoms with Crippen LogP contribution in [0.15, 0.2) is 87.7 Å². The van der Waals surface area contributed by atoms with Gasteiger partial charge in [-0.25, -0.2) is 4.98 Å². The molecule has 1 amide bonds. The van der Waals surface area contributed by atoms with Crippen LogP contribution in [-0.2, 0) is 4.79 Å². The zero-order chi connectivity index (χ0) is 23.7. The minimum Gasteiger partial charge on any atom is -0.457 e. The number of hydrogen-bond acceptors (Lipinski definition) is 4. The van der Waals surface area contributed by atoms with Crippen LogP contribution in [0.5, 0.6) is 0 Å². The van der Waals surface area contributed by atoms with Crippen molar-refractivity contribution in [3.05, 3.63) is 100 Å². The molecule has 34 heavy (non-hydrogen) atoms. The predicted molar refractivity (Wildman–Crippen MR) is 136 cm³/mol. The molecule has 0 aliphatic heterocycles. The average Bonchev–Trinajstić information content (AvgIpc) is 3.44. The molecule has 0 spiro atoms. The number of hydrogen-bond donors (Lipinski definition) is 1. The number of anilines is 1. The van der Waals surface area contributed by atoms with Crippen LogP contribution in [0.1, 0.15) is 11.3 Å². The van der Waals surface area contributed by atoms with Gasteiger partial charge in [0.25, 0.3) is 0 Å². The molecule has 0 atom stereocenters. The fourth-order valence-corrected chi connectivity index (χ4v) is 4.07. The minimum absolute atomic E-state index is 0.300. The molecule has 2 heterocycles. The van der Waals surface area contributed by atoms with E-state index in [1.165, 1.54) is 6.08 Å². The first-order valence-electron chi connectivity index (χ1n) is 10.5. The molecule has 5 nitrogen and oxygen atoms in total. The third-order valence-electron chi connectivity index (χ3n) is 5.09. The number of fused-ring (bicyclic) bond motifs is 1. The number of halogens is 2. The average molecular weight is 489 g/mol. The summed E-state index contributed by atoms with van der Waals surface area (Å²) in [5, 5.41) is 3.87. The number of furan rings is 1. The van der Waals surface area contributed by atoms with E-state index in [9.17, 15) is 4.79 Å². The number of carbonyl (C=O) groups is 1. The minimum atomic E-state index is -0.300. The lowest BCUT2D eigenvalue weighted by Gasteiger charge is -2.01. The van der Waals surface area contributed by atoms with Crippen LogP contribution in [0.3, 0.4) is 0 Å². The fourth-order valence-electron chi connectivity index (χ4n) is 3.54. The number of nitrogens with one attached hydrogen (secondary N) is 1. The van der Waals surface area contributed by atoms with E-state index in [0.717, 1.165) is 16.7 Å². The molecule has 168 valence electrons. The van der Waals surface area contributed by atoms with E-state index >= 15 is 0 Å². The smallest absolute Gasteiger partial charge is 0.248 e. The summed E-state index contributed by atoms with van der Waals surface area (Å²) in [7, 11) is 0. The van der Waals surface area contributed by atoms with Crippen LogP contribution in [0, 0.1) is 6.92 Å². The second kappa shape index (κ2) is 9.21. The van der Waals surface area contributed by atoms with Crippen molar-refractivity contribution in [1.82, 2.24) is 4.98 Å². The van der Waals surface area contributed by atoms with Crippen molar-refractivity contribution in [3.63, 3.8) is 0 Å². The molecule has 0 aliphatic carbocycles. The molecule has 7 heteroatoms. The Kier molecular flexibility index (Phi) is 5.97. The molecule has 1 N–H and O–H groups in total. The summed E-state index contributed by atoms with van der Waals surface area (Å²) >= 11 is 12.1. The Morgan fingerprint density at radius 2 is 1.74 bits per heavy atom. The van der Waals surface area contributed by atoms with E-state index in [0.29, 0.717) is 44.2 Å². The van der Waals surface area contributed by atoms with Gasteiger partial charge in [-0.05, 0) is 73.7 Å². The topological polar surface area (TPSA) is 68.3 Å². The van der Waals surface area contributed by atoms with Crippen molar-refractivity contribution < 1.29 is 13.6 Å². The Morgan fingerprint density at radius 3 is 2.53 bits per heavy atom. The molecule has 0 unspecified atom stereocenters. The maximum Gasteiger partial charge on any atom is 0.248 e. The highest BCUT2D eigenvalue weighted by molar-refractivity contribution is 6.35. The van der Waals surface area contributed by atoms with Crippen molar-refractivity contribution in [2.24, 2.45) is 0 Å². The number of nitrogens with zero attached hydrogens (tertiary/aromatic N) is 1. The first-order chi connectivity index (χ1) is 16.4. The molecule has 5 rings (SSSR count). The van der Waals surface area contributed by atoms with E-state index in [1.54, 1.807) is 54.6 Å². The maximum atomic E-state index is 12.4. The highest BCUT2D eigenvalue weighted by Gasteiger charge is 2.10. The van der Waals surface area contributed by atoms with Crippen LogP contribution >= 0.6 is 23.2 Å². The second-order valence-corrected chi connectivity index (χ2v) is 8.63. The van der Waals surface area contributed by atoms with Gasteiger partial charge >= 0.3 is 0 Å². The molecule has 0 bridgehead atoms. The zero-order valence-corrected chi connectivity index (χ0v) is 19.5. The lowest BCUT2D eigenvalue weighted by atomic mass is 10.1. The number of aryl methyl sites for hydroxylation is 1. The van der Waals surface area contributed by atoms with Crippen molar-refractivity contribution in [3.8, 4) is 22.8 Å². The summed E-state index contributed by atoms with van der Waals surface area (Å²) in [5.74, 6) is 1.36. The van der Waals surface area contributed by atoms with Gasteiger partial charge in [0, 0.05) is 32.9 Å². The third kappa shape index (κ3) is 4.91. The quantitative estimate of drug-likeness (QED) is 0.254. The molecule has 0 aliphatic rings. The van der Waals surface area contributed by atoms with Gasteiger partial charge in [0.15, 0.2) is 5.58 Å². The van der Waals surface area contributed by atoms with Crippen molar-refractivity contribution in [1.29, 1.82) is 0 Å². The van der Waals surface area contributed by atoms with Crippen LogP contribution in [-0.4, -0.2) is 10.9 Å². The van der Waals surface area contributed by atoms with Crippen LogP contribution in [0.2, 0.25) is 10.0 Å². The normalized spacial score (nSPS) is 11.4. The van der Waals surface area contributed by atoms with Gasteiger partial charge in [-0.1, -0.05) is 40.9 Å². The Bertz CT molecular complexity index is 1530. The molecule has 0 radical (unpaired) electrons. The van der Waals surface area contributed by atoms with E-state index in [1.807, 2.05) is 31.2 Å². The largest absolute Gasteiger partial charge is 0.457 e. The lowest BCUT2D eigenvalue weighted by molar-refractivity contribution is -0.111. The number of oxazole rings is 1. The highest BCUT2D eigenvalue weighted by Crippen LogP contribution is 2.29. The van der Waals surface area contributed by atoms with Crippen LogP contribution in [0.4, 0.5) is 5.69 Å². The molecule has 0 fully saturated rings. The van der Waals surface area contributed by atoms with Crippen LogP contribution < -0.4 is 5.32 Å². The van der Waals surface area contributed by atoms with E-state index in [4.69, 9.17) is 32.0 Å². The number of benzene rings is 3. The lowest BCUT2D eigenvalue weighted by Crippen LogP contribution is -2.07. The second-order valence-electron chi connectivity index (χ2n) is 7.75. The summed E-state index contributed by atoms with van der Waals surface area (Å²) in [6.07, 6.45) is 2.99. The number of amides is 1. The van der Waals surface area contributed by atoms with E-state index in [-0.39, 0.29) is 5.91 Å². The molecule has 2 aromatic heterocycles. The van der Waals surface area contributed by atoms with Crippen LogP contribution in [0.25, 0.3) is 40.0 Å². The SMILES string of the molecule is Cc1cccc(-c2nc3cc(NC(=O)/C=C/c4ccc(-c5cc(Cl)cc(Cl)c5)o4)ccc3o2)c1. The predicted octanol–water partition coefficient (Wildman–Crippen LogP) is 8.02. The first-order valence-corrected chi connectivity index (χ1v) is 11.2. The Labute approximate surface area is 205 Å². The van der Waals surface area contributed by atoms with Gasteiger partial charge < -0.3 is 14.2 Å². The molecular formula is C27H18Cl2N2O3.